The van der Waals surface area contributed by atoms with Gasteiger partial charge in [-0.1, -0.05) is 18.2 Å². The zero-order chi connectivity index (χ0) is 21.8. The summed E-state index contributed by atoms with van der Waals surface area (Å²) in [6.07, 6.45) is 0. The van der Waals surface area contributed by atoms with E-state index >= 15 is 0 Å². The van der Waals surface area contributed by atoms with Gasteiger partial charge in [-0.15, -0.1) is 0 Å². The van der Waals surface area contributed by atoms with Gasteiger partial charge in [0, 0.05) is 43.9 Å². The second-order valence-electron chi connectivity index (χ2n) is 7.09. The molecule has 0 radical (unpaired) electrons. The number of carboxylic acids is 2. The largest absolute Gasteiger partial charge is 0.492 e. The minimum absolute atomic E-state index is 0.184. The first-order chi connectivity index (χ1) is 14.3. The number of likely N-dealkylation sites (N-methyl/N-ethyl adjacent to an activating group) is 1. The molecule has 1 aliphatic rings. The average molecular weight is 416 g/mol. The Morgan fingerprint density at radius 1 is 1.10 bits per heavy atom. The van der Waals surface area contributed by atoms with Gasteiger partial charge < -0.3 is 30.6 Å². The summed E-state index contributed by atoms with van der Waals surface area (Å²) in [5, 5.41) is 19.2. The first kappa shape index (κ1) is 21.3. The van der Waals surface area contributed by atoms with Gasteiger partial charge in [-0.3, -0.25) is 9.69 Å². The lowest BCUT2D eigenvalue weighted by atomic mass is 9.94. The molecule has 1 saturated heterocycles. The monoisotopic (exact) mass is 416 g/mol. The van der Waals surface area contributed by atoms with E-state index in [2.05, 4.69) is 21.8 Å². The number of rotatable bonds is 7. The molecule has 1 aliphatic heterocycles. The second-order valence-corrected chi connectivity index (χ2v) is 7.09. The smallest absolute Gasteiger partial charge is 0.342 e. The van der Waals surface area contributed by atoms with E-state index in [9.17, 15) is 24.6 Å². The van der Waals surface area contributed by atoms with Gasteiger partial charge in [-0.2, -0.15) is 0 Å². The molecular weight excluding hydrogens is 392 g/mol. The summed E-state index contributed by atoms with van der Waals surface area (Å²) in [6.45, 7) is 4.75. The number of para-hydroxylation sites is 1. The third-order valence-electron chi connectivity index (χ3n) is 5.09. The number of nitrogens with zero attached hydrogens (tertiary/aromatic N) is 2. The zero-order valence-electron chi connectivity index (χ0n) is 16.6. The fourth-order valence-electron chi connectivity index (χ4n) is 3.47. The minimum atomic E-state index is -1.55. The Morgan fingerprint density at radius 2 is 1.73 bits per heavy atom. The lowest BCUT2D eigenvalue weighted by Crippen LogP contribution is -2.45. The Labute approximate surface area is 172 Å². The second kappa shape index (κ2) is 8.97. The number of hydrogen-bond donors (Lipinski definition) is 4. The summed E-state index contributed by atoms with van der Waals surface area (Å²) < 4.78 is 5.88. The third kappa shape index (κ3) is 4.44. The molecule has 5 N–H and O–H groups in total. The predicted molar refractivity (Wildman–Crippen MR) is 110 cm³/mol. The fraction of sp³-hybridized carbons (Fsp3) is 0.350. The highest BCUT2D eigenvalue weighted by atomic mass is 16.5. The van der Waals surface area contributed by atoms with Gasteiger partial charge in [-0.05, 0) is 13.1 Å². The molecule has 10 heteroatoms. The third-order valence-corrected chi connectivity index (χ3v) is 5.09. The summed E-state index contributed by atoms with van der Waals surface area (Å²) in [6, 6.07) is 6.41. The quantitative estimate of drug-likeness (QED) is 0.510. The van der Waals surface area contributed by atoms with Crippen LogP contribution < -0.4 is 16.0 Å². The number of nitrogen functional groups attached to an aromatic ring is 1. The van der Waals surface area contributed by atoms with Crippen LogP contribution in [0.15, 0.2) is 29.1 Å². The van der Waals surface area contributed by atoms with E-state index in [4.69, 9.17) is 10.5 Å². The lowest BCUT2D eigenvalue weighted by molar-refractivity contribution is 0.0695. The molecule has 2 aromatic rings. The van der Waals surface area contributed by atoms with Crippen LogP contribution in [-0.4, -0.2) is 83.3 Å². The highest BCUT2D eigenvalue weighted by Gasteiger charge is 2.28. The number of hydrogen-bond acceptors (Lipinski definition) is 7. The predicted octanol–water partition coefficient (Wildman–Crippen LogP) is 0.647. The molecule has 30 heavy (non-hydrogen) atoms. The maximum absolute atomic E-state index is 12.2. The zero-order valence-corrected chi connectivity index (χ0v) is 16.6. The van der Waals surface area contributed by atoms with Crippen LogP contribution in [0.1, 0.15) is 20.7 Å². The van der Waals surface area contributed by atoms with Crippen molar-refractivity contribution in [2.45, 2.75) is 0 Å². The Bertz CT molecular complexity index is 1010. The molecule has 0 unspecified atom stereocenters. The molecule has 1 aromatic heterocycles. The minimum Gasteiger partial charge on any atom is -0.492 e. The average Bonchev–Trinajstić information content (AvgIpc) is 2.68. The number of anilines is 1. The number of aromatic carboxylic acids is 2. The molecule has 3 rings (SSSR count). The summed E-state index contributed by atoms with van der Waals surface area (Å²) in [7, 11) is 2.07. The van der Waals surface area contributed by atoms with Crippen molar-refractivity contribution in [2.24, 2.45) is 0 Å². The number of nitrogens with two attached hydrogens (primary N) is 1. The van der Waals surface area contributed by atoms with Crippen LogP contribution in [0.2, 0.25) is 0 Å². The van der Waals surface area contributed by atoms with Crippen LogP contribution in [0.3, 0.4) is 0 Å². The lowest BCUT2D eigenvalue weighted by Gasteiger charge is -2.32. The number of ether oxygens (including phenoxy) is 1. The Hall–Kier alpha value is -3.37. The van der Waals surface area contributed by atoms with Gasteiger partial charge in [0.25, 0.3) is 5.56 Å². The van der Waals surface area contributed by atoms with Crippen molar-refractivity contribution in [3.8, 4) is 16.9 Å². The van der Waals surface area contributed by atoms with Crippen LogP contribution >= 0.6 is 0 Å². The van der Waals surface area contributed by atoms with Crippen LogP contribution in [0.4, 0.5) is 5.82 Å². The molecule has 0 atom stereocenters. The molecular formula is C20H24N4O6. The maximum atomic E-state index is 12.2. The van der Waals surface area contributed by atoms with E-state index in [-0.39, 0.29) is 16.9 Å². The highest BCUT2D eigenvalue weighted by molar-refractivity contribution is 6.08. The van der Waals surface area contributed by atoms with Gasteiger partial charge in [0.2, 0.25) is 0 Å². The van der Waals surface area contributed by atoms with Crippen LogP contribution in [0, 0.1) is 0 Å². The summed E-state index contributed by atoms with van der Waals surface area (Å²) in [5.74, 6) is -3.14. The topological polar surface area (TPSA) is 149 Å². The molecule has 0 amide bonds. The van der Waals surface area contributed by atoms with Crippen molar-refractivity contribution in [2.75, 3.05) is 52.1 Å². The maximum Gasteiger partial charge on any atom is 0.342 e. The Balaban J connectivity index is 1.96. The SMILES string of the molecule is CN1CCN(CCOc2ccccc2-c2c(C(=O)O)c(N)[nH]c(=O)c2C(=O)O)CC1. The van der Waals surface area contributed by atoms with Gasteiger partial charge in [0.05, 0.1) is 0 Å². The molecule has 10 nitrogen and oxygen atoms in total. The van der Waals surface area contributed by atoms with Crippen LogP contribution in [0.25, 0.3) is 11.1 Å². The van der Waals surface area contributed by atoms with E-state index in [0.29, 0.717) is 13.2 Å². The van der Waals surface area contributed by atoms with Crippen molar-refractivity contribution in [3.63, 3.8) is 0 Å². The number of H-pyrrole nitrogens is 1. The summed E-state index contributed by atoms with van der Waals surface area (Å²) in [5.41, 5.74) is 3.46. The van der Waals surface area contributed by atoms with E-state index in [1.165, 1.54) is 6.07 Å². The van der Waals surface area contributed by atoms with Gasteiger partial charge >= 0.3 is 11.9 Å². The molecule has 0 saturated carbocycles. The summed E-state index contributed by atoms with van der Waals surface area (Å²) >= 11 is 0. The number of aromatic nitrogens is 1. The normalized spacial score (nSPS) is 15.1. The van der Waals surface area contributed by atoms with Gasteiger partial charge in [0.1, 0.15) is 29.3 Å². The van der Waals surface area contributed by atoms with Crippen molar-refractivity contribution in [1.82, 2.24) is 14.8 Å². The van der Waals surface area contributed by atoms with Crippen LogP contribution in [-0.2, 0) is 0 Å². The molecule has 2 heterocycles. The molecule has 0 aliphatic carbocycles. The number of piperazine rings is 1. The number of benzene rings is 1. The first-order valence-electron chi connectivity index (χ1n) is 9.45. The van der Waals surface area contributed by atoms with E-state index in [1.807, 2.05) is 0 Å². The van der Waals surface area contributed by atoms with Crippen LogP contribution in [0.5, 0.6) is 5.75 Å². The number of nitrogens with one attached hydrogen (secondary N) is 1. The fourth-order valence-corrected chi connectivity index (χ4v) is 3.47. The molecule has 1 aromatic carbocycles. The van der Waals surface area contributed by atoms with E-state index in [0.717, 1.165) is 26.2 Å². The Morgan fingerprint density at radius 3 is 2.37 bits per heavy atom. The van der Waals surface area contributed by atoms with Crippen molar-refractivity contribution < 1.29 is 24.5 Å². The first-order valence-corrected chi connectivity index (χ1v) is 9.45. The molecule has 0 spiro atoms. The highest BCUT2D eigenvalue weighted by Crippen LogP contribution is 2.35. The molecule has 160 valence electrons. The number of carbonyl (C=O) groups is 2. The number of carboxylic acid groups (broad SMARTS) is 2. The molecule has 0 bridgehead atoms. The van der Waals surface area contributed by atoms with E-state index < -0.39 is 34.4 Å². The number of pyridine rings is 1. The van der Waals surface area contributed by atoms with E-state index in [1.54, 1.807) is 18.2 Å². The summed E-state index contributed by atoms with van der Waals surface area (Å²) in [4.78, 5) is 42.4. The van der Waals surface area contributed by atoms with Crippen molar-refractivity contribution in [1.29, 1.82) is 0 Å². The van der Waals surface area contributed by atoms with Gasteiger partial charge in [-0.25, -0.2) is 9.59 Å². The van der Waals surface area contributed by atoms with Crippen molar-refractivity contribution >= 4 is 17.8 Å². The molecule has 1 fully saturated rings. The Kier molecular flexibility index (Phi) is 6.38. The van der Waals surface area contributed by atoms with Gasteiger partial charge in [0.15, 0.2) is 0 Å². The van der Waals surface area contributed by atoms with Crippen molar-refractivity contribution in [3.05, 3.63) is 45.7 Å². The number of aromatic amines is 1. The standard InChI is InChI=1S/C20H24N4O6/c1-23-6-8-24(9-7-23)10-11-30-13-5-3-2-4-12(13)14-15(19(26)27)17(21)22-18(25)16(14)20(28)29/h2-5H,6-11H2,1H3,(H,26,27)(H,28,29)(H3,21,22,25).